The Kier molecular flexibility index (Phi) is 3.17. The summed E-state index contributed by atoms with van der Waals surface area (Å²) >= 11 is 5.55. The summed E-state index contributed by atoms with van der Waals surface area (Å²) in [5, 5.41) is 0. The molecule has 0 spiro atoms. The van der Waals surface area contributed by atoms with E-state index in [4.69, 9.17) is 10.3 Å². The molecule has 0 aromatic heterocycles. The third-order valence-corrected chi connectivity index (χ3v) is 6.75. The Morgan fingerprint density at radius 3 is 1.64 bits per heavy atom. The standard InChI is InChI=1S/C4H9Br2NO3S/c1-3(2,7)4(5,6)11(8,9)10/h7H2,1-2H3,(H,8,9,10). The molecular formula is C4H9Br2NO3S. The van der Waals surface area contributed by atoms with Gasteiger partial charge in [0.2, 0.25) is 2.57 Å². The highest BCUT2D eigenvalue weighted by Gasteiger charge is 2.49. The van der Waals surface area contributed by atoms with Gasteiger partial charge in [0.05, 0.1) is 5.54 Å². The molecule has 0 rings (SSSR count). The molecule has 0 bridgehead atoms. The zero-order chi connectivity index (χ0) is 9.50. The Labute approximate surface area is 82.5 Å². The molecule has 0 unspecified atom stereocenters. The van der Waals surface area contributed by atoms with Crippen LogP contribution in [0.4, 0.5) is 0 Å². The minimum Gasteiger partial charge on any atom is -0.323 e. The molecular weight excluding hydrogens is 302 g/mol. The second-order valence-corrected chi connectivity index (χ2v) is 8.77. The van der Waals surface area contributed by atoms with Crippen molar-refractivity contribution in [1.29, 1.82) is 0 Å². The maximum Gasteiger partial charge on any atom is 0.292 e. The second kappa shape index (κ2) is 2.95. The van der Waals surface area contributed by atoms with Crippen LogP contribution in [0.1, 0.15) is 13.8 Å². The third-order valence-electron chi connectivity index (χ3n) is 1.07. The maximum absolute atomic E-state index is 10.7. The van der Waals surface area contributed by atoms with Crippen molar-refractivity contribution in [1.82, 2.24) is 0 Å². The molecule has 0 radical (unpaired) electrons. The van der Waals surface area contributed by atoms with Crippen LogP contribution in [0.25, 0.3) is 0 Å². The van der Waals surface area contributed by atoms with Gasteiger partial charge in [-0.1, -0.05) is 31.9 Å². The lowest BCUT2D eigenvalue weighted by Gasteiger charge is -2.31. The van der Waals surface area contributed by atoms with Crippen molar-refractivity contribution in [2.75, 3.05) is 0 Å². The molecule has 0 atom stereocenters. The van der Waals surface area contributed by atoms with E-state index in [1.54, 1.807) is 0 Å². The van der Waals surface area contributed by atoms with Crippen LogP contribution in [0.5, 0.6) is 0 Å². The molecule has 3 N–H and O–H groups in total. The highest BCUT2D eigenvalue weighted by molar-refractivity contribution is 9.27. The van der Waals surface area contributed by atoms with E-state index in [1.165, 1.54) is 13.8 Å². The summed E-state index contributed by atoms with van der Waals surface area (Å²) in [6.45, 7) is 2.93. The van der Waals surface area contributed by atoms with Crippen LogP contribution in [0.15, 0.2) is 0 Å². The molecule has 0 aromatic carbocycles. The van der Waals surface area contributed by atoms with Gasteiger partial charge in [-0.3, -0.25) is 4.55 Å². The van der Waals surface area contributed by atoms with Crippen LogP contribution in [0.2, 0.25) is 0 Å². The van der Waals surface area contributed by atoms with Crippen LogP contribution in [-0.2, 0) is 10.1 Å². The quantitative estimate of drug-likeness (QED) is 0.590. The SMILES string of the molecule is CC(C)(N)C(Br)(Br)S(=O)(=O)O. The van der Waals surface area contributed by atoms with Gasteiger partial charge in [-0.2, -0.15) is 8.42 Å². The van der Waals surface area contributed by atoms with Gasteiger partial charge in [-0.25, -0.2) is 0 Å². The summed E-state index contributed by atoms with van der Waals surface area (Å²) in [6, 6.07) is 0. The third kappa shape index (κ3) is 2.38. The van der Waals surface area contributed by atoms with Gasteiger partial charge in [0.15, 0.2) is 0 Å². The van der Waals surface area contributed by atoms with Crippen molar-refractivity contribution >= 4 is 42.0 Å². The molecule has 0 aromatic rings. The Bertz CT molecular complexity index is 241. The minimum absolute atomic E-state index is 1.12. The van der Waals surface area contributed by atoms with Crippen molar-refractivity contribution in [3.63, 3.8) is 0 Å². The van der Waals surface area contributed by atoms with E-state index in [9.17, 15) is 8.42 Å². The van der Waals surface area contributed by atoms with E-state index in [-0.39, 0.29) is 0 Å². The Morgan fingerprint density at radius 2 is 1.64 bits per heavy atom. The first-order chi connectivity index (χ1) is 4.50. The summed E-state index contributed by atoms with van der Waals surface area (Å²) in [6.07, 6.45) is 0. The van der Waals surface area contributed by atoms with Gasteiger partial charge in [0, 0.05) is 0 Å². The Balaban J connectivity index is 5.08. The largest absolute Gasteiger partial charge is 0.323 e. The van der Waals surface area contributed by atoms with Gasteiger partial charge in [0.1, 0.15) is 0 Å². The average Bonchev–Trinajstić information content (AvgIpc) is 1.58. The lowest BCUT2D eigenvalue weighted by Crippen LogP contribution is -2.52. The van der Waals surface area contributed by atoms with Crippen LogP contribution in [0, 0.1) is 0 Å². The van der Waals surface area contributed by atoms with Crippen LogP contribution < -0.4 is 5.73 Å². The molecule has 0 saturated carbocycles. The highest BCUT2D eigenvalue weighted by Crippen LogP contribution is 2.40. The summed E-state index contributed by atoms with van der Waals surface area (Å²) < 4.78 is 28.3. The fourth-order valence-corrected chi connectivity index (χ4v) is 0.997. The number of alkyl halides is 2. The zero-order valence-electron chi connectivity index (χ0n) is 6.01. The van der Waals surface area contributed by atoms with Crippen LogP contribution in [-0.4, -0.2) is 21.1 Å². The number of hydrogen-bond acceptors (Lipinski definition) is 3. The molecule has 4 nitrogen and oxygen atoms in total. The second-order valence-electron chi connectivity index (χ2n) is 2.71. The molecule has 0 aliphatic carbocycles. The molecule has 11 heavy (non-hydrogen) atoms. The topological polar surface area (TPSA) is 80.4 Å². The minimum atomic E-state index is -4.25. The first-order valence-electron chi connectivity index (χ1n) is 2.64. The predicted molar refractivity (Wildman–Crippen MR) is 50.4 cm³/mol. The molecule has 0 amide bonds. The normalized spacial score (nSPS) is 15.1. The van der Waals surface area contributed by atoms with Crippen molar-refractivity contribution < 1.29 is 13.0 Å². The number of hydrogen-bond donors (Lipinski definition) is 2. The lowest BCUT2D eigenvalue weighted by molar-refractivity contribution is 0.445. The lowest BCUT2D eigenvalue weighted by atomic mass is 10.1. The summed E-state index contributed by atoms with van der Waals surface area (Å²) in [5.74, 6) is 0. The molecule has 68 valence electrons. The number of nitrogens with two attached hydrogens (primary N) is 1. The van der Waals surface area contributed by atoms with Gasteiger partial charge in [0.25, 0.3) is 10.1 Å². The molecule has 7 heteroatoms. The van der Waals surface area contributed by atoms with Gasteiger partial charge in [-0.15, -0.1) is 0 Å². The summed E-state index contributed by atoms with van der Waals surface area (Å²) in [4.78, 5) is 0. The fraction of sp³-hybridized carbons (Fsp3) is 1.00. The van der Waals surface area contributed by atoms with E-state index in [2.05, 4.69) is 31.9 Å². The Morgan fingerprint density at radius 1 is 1.36 bits per heavy atom. The monoisotopic (exact) mass is 309 g/mol. The van der Waals surface area contributed by atoms with Crippen molar-refractivity contribution in [2.24, 2.45) is 5.73 Å². The molecule has 0 heterocycles. The highest BCUT2D eigenvalue weighted by atomic mass is 79.9. The van der Waals surface area contributed by atoms with Crippen LogP contribution >= 0.6 is 31.9 Å². The summed E-state index contributed by atoms with van der Waals surface area (Å²) in [7, 11) is -4.25. The van der Waals surface area contributed by atoms with Gasteiger partial charge >= 0.3 is 0 Å². The van der Waals surface area contributed by atoms with Gasteiger partial charge in [-0.05, 0) is 13.8 Å². The van der Waals surface area contributed by atoms with Gasteiger partial charge < -0.3 is 5.73 Å². The maximum atomic E-state index is 10.7. The van der Waals surface area contributed by atoms with Crippen molar-refractivity contribution in [3.05, 3.63) is 0 Å². The van der Waals surface area contributed by atoms with E-state index < -0.39 is 18.2 Å². The zero-order valence-corrected chi connectivity index (χ0v) is 9.99. The van der Waals surface area contributed by atoms with E-state index >= 15 is 0 Å². The first-order valence-corrected chi connectivity index (χ1v) is 5.66. The van der Waals surface area contributed by atoms with Crippen molar-refractivity contribution in [3.8, 4) is 0 Å². The van der Waals surface area contributed by atoms with Crippen molar-refractivity contribution in [2.45, 2.75) is 22.0 Å². The fourth-order valence-electron chi connectivity index (χ4n) is 0.332. The Hall–Kier alpha value is 0.830. The number of rotatable bonds is 2. The molecule has 0 aliphatic heterocycles. The van der Waals surface area contributed by atoms with E-state index in [1.807, 2.05) is 0 Å². The molecule has 0 saturated heterocycles. The van der Waals surface area contributed by atoms with E-state index in [0.29, 0.717) is 0 Å². The van der Waals surface area contributed by atoms with Crippen LogP contribution in [0.3, 0.4) is 0 Å². The first kappa shape index (κ1) is 11.8. The molecule has 0 aliphatic rings. The average molecular weight is 311 g/mol. The molecule has 0 fully saturated rings. The predicted octanol–water partition coefficient (Wildman–Crippen LogP) is 1.06. The smallest absolute Gasteiger partial charge is 0.292 e. The number of halogens is 2. The van der Waals surface area contributed by atoms with E-state index in [0.717, 1.165) is 0 Å². The summed E-state index contributed by atoms with van der Waals surface area (Å²) in [5.41, 5.74) is 4.34.